The molecule has 1 fully saturated rings. The normalized spacial score (nSPS) is 30.0. The summed E-state index contributed by atoms with van der Waals surface area (Å²) >= 11 is 0. The third-order valence-corrected chi connectivity index (χ3v) is 6.67. The molecule has 2 aromatic carbocycles. The number of benzene rings is 2. The highest BCUT2D eigenvalue weighted by molar-refractivity contribution is 5.63. The Kier molecular flexibility index (Phi) is 4.51. The van der Waals surface area contributed by atoms with E-state index in [4.69, 9.17) is 4.74 Å². The summed E-state index contributed by atoms with van der Waals surface area (Å²) in [7, 11) is 1.73. The first-order chi connectivity index (χ1) is 12.9. The molecule has 4 rings (SSSR count). The van der Waals surface area contributed by atoms with Crippen LogP contribution in [0.2, 0.25) is 0 Å². The van der Waals surface area contributed by atoms with E-state index >= 15 is 0 Å². The third-order valence-electron chi connectivity index (χ3n) is 6.67. The van der Waals surface area contributed by atoms with Gasteiger partial charge in [0, 0.05) is 35.8 Å². The summed E-state index contributed by atoms with van der Waals surface area (Å²) in [5, 5.41) is 3.82. The molecule has 142 valence electrons. The Hall–Kier alpha value is -2.26. The topological polar surface area (TPSA) is 24.3 Å². The van der Waals surface area contributed by atoms with E-state index in [2.05, 4.69) is 80.0 Å². The molecule has 0 spiro atoms. The van der Waals surface area contributed by atoms with Gasteiger partial charge in [-0.2, -0.15) is 0 Å². The van der Waals surface area contributed by atoms with Crippen molar-refractivity contribution in [3.05, 3.63) is 71.8 Å². The summed E-state index contributed by atoms with van der Waals surface area (Å²) < 4.78 is 5.47. The van der Waals surface area contributed by atoms with Crippen molar-refractivity contribution in [1.82, 2.24) is 4.90 Å². The Morgan fingerprint density at radius 1 is 1.26 bits per heavy atom. The van der Waals surface area contributed by atoms with E-state index in [1.165, 1.54) is 22.4 Å². The van der Waals surface area contributed by atoms with Crippen molar-refractivity contribution in [3.63, 3.8) is 0 Å². The average molecular weight is 363 g/mol. The summed E-state index contributed by atoms with van der Waals surface area (Å²) in [5.74, 6) is 0.909. The number of methoxy groups -OCH3 is 1. The highest BCUT2D eigenvalue weighted by Gasteiger charge is 2.48. The molecule has 0 aliphatic carbocycles. The lowest BCUT2D eigenvalue weighted by Gasteiger charge is -2.42. The van der Waals surface area contributed by atoms with Gasteiger partial charge in [0.1, 0.15) is 5.75 Å². The van der Waals surface area contributed by atoms with Crippen LogP contribution in [0.1, 0.15) is 44.4 Å². The third kappa shape index (κ3) is 3.14. The molecule has 1 saturated heterocycles. The molecule has 27 heavy (non-hydrogen) atoms. The van der Waals surface area contributed by atoms with Crippen molar-refractivity contribution >= 4 is 5.69 Å². The van der Waals surface area contributed by atoms with Crippen LogP contribution >= 0.6 is 0 Å². The Morgan fingerprint density at radius 3 is 2.67 bits per heavy atom. The van der Waals surface area contributed by atoms with E-state index < -0.39 is 0 Å². The van der Waals surface area contributed by atoms with Crippen molar-refractivity contribution < 1.29 is 4.74 Å². The first-order valence-electron chi connectivity index (χ1n) is 9.86. The lowest BCUT2D eigenvalue weighted by Crippen LogP contribution is -2.42. The maximum absolute atomic E-state index is 5.47. The Morgan fingerprint density at radius 2 is 2.00 bits per heavy atom. The fraction of sp³-hybridized carbons (Fsp3) is 0.417. The van der Waals surface area contributed by atoms with Crippen LogP contribution in [0, 0.1) is 0 Å². The first kappa shape index (κ1) is 18.1. The van der Waals surface area contributed by atoms with Crippen LogP contribution in [0.25, 0.3) is 0 Å². The number of allylic oxidation sites excluding steroid dienone is 1. The van der Waals surface area contributed by atoms with E-state index in [0.717, 1.165) is 18.7 Å². The molecule has 1 N–H and O–H groups in total. The second-order valence-corrected chi connectivity index (χ2v) is 8.33. The van der Waals surface area contributed by atoms with Crippen LogP contribution in [-0.2, 0) is 5.41 Å². The van der Waals surface area contributed by atoms with Crippen molar-refractivity contribution in [1.29, 1.82) is 0 Å². The predicted octanol–water partition coefficient (Wildman–Crippen LogP) is 5.16. The van der Waals surface area contributed by atoms with Crippen molar-refractivity contribution in [2.75, 3.05) is 19.0 Å². The van der Waals surface area contributed by atoms with Crippen molar-refractivity contribution in [2.45, 2.75) is 50.7 Å². The van der Waals surface area contributed by atoms with Gasteiger partial charge >= 0.3 is 0 Å². The van der Waals surface area contributed by atoms with Crippen LogP contribution < -0.4 is 10.1 Å². The molecule has 3 unspecified atom stereocenters. The summed E-state index contributed by atoms with van der Waals surface area (Å²) in [6, 6.07) is 18.6. The molecule has 0 bridgehead atoms. The minimum Gasteiger partial charge on any atom is -0.497 e. The molecule has 2 aliphatic heterocycles. The molecule has 3 nitrogen and oxygen atoms in total. The van der Waals surface area contributed by atoms with Crippen LogP contribution in [0.15, 0.2) is 60.7 Å². The zero-order chi connectivity index (χ0) is 19.2. The lowest BCUT2D eigenvalue weighted by molar-refractivity contribution is 0.352. The van der Waals surface area contributed by atoms with Gasteiger partial charge in [0.25, 0.3) is 0 Å². The summed E-state index contributed by atoms with van der Waals surface area (Å²) in [4.78, 5) is 2.60. The van der Waals surface area contributed by atoms with Gasteiger partial charge in [0.2, 0.25) is 0 Å². The van der Waals surface area contributed by atoms with E-state index in [9.17, 15) is 0 Å². The standard InChI is InChI=1S/C24H30N2O/c1-16(2)24(4)14-22(25-21-12-11-19(27-5)13-20(21)24)23-15-26(23)17(3)18-9-7-6-8-10-18/h6-13,17,22-23,25H,1,14-15H2,2-5H3/t17-,22?,23-,24?,26?/m1/s1. The summed E-state index contributed by atoms with van der Waals surface area (Å²) in [5.41, 5.74) is 5.09. The van der Waals surface area contributed by atoms with Crippen LogP contribution in [0.5, 0.6) is 5.75 Å². The van der Waals surface area contributed by atoms with Gasteiger partial charge in [0.15, 0.2) is 0 Å². The second kappa shape index (κ2) is 6.72. The van der Waals surface area contributed by atoms with Crippen molar-refractivity contribution in [2.24, 2.45) is 0 Å². The SMILES string of the molecule is C=C(C)C1(C)CC([C@H]2CN2[C@H](C)c2ccccc2)Nc2ccc(OC)cc21. The molecular weight excluding hydrogens is 332 g/mol. The number of ether oxygens (including phenoxy) is 1. The zero-order valence-corrected chi connectivity index (χ0v) is 16.8. The quantitative estimate of drug-likeness (QED) is 0.587. The number of hydrogen-bond acceptors (Lipinski definition) is 3. The van der Waals surface area contributed by atoms with Gasteiger partial charge in [-0.05, 0) is 49.6 Å². The van der Waals surface area contributed by atoms with Crippen LogP contribution in [0.3, 0.4) is 0 Å². The maximum Gasteiger partial charge on any atom is 0.119 e. The van der Waals surface area contributed by atoms with Gasteiger partial charge in [-0.15, -0.1) is 0 Å². The Labute approximate surface area is 163 Å². The number of fused-ring (bicyclic) bond motifs is 1. The molecule has 0 aromatic heterocycles. The molecule has 5 atom stereocenters. The summed E-state index contributed by atoms with van der Waals surface area (Å²) in [6.45, 7) is 12.3. The molecular formula is C24H30N2O. The van der Waals surface area contributed by atoms with Crippen LogP contribution in [0.4, 0.5) is 5.69 Å². The number of nitrogens with zero attached hydrogens (tertiary/aromatic N) is 1. The zero-order valence-electron chi connectivity index (χ0n) is 16.8. The van der Waals surface area contributed by atoms with E-state index in [1.54, 1.807) is 7.11 Å². The van der Waals surface area contributed by atoms with E-state index in [1.807, 2.05) is 6.07 Å². The highest BCUT2D eigenvalue weighted by Crippen LogP contribution is 2.48. The highest BCUT2D eigenvalue weighted by atomic mass is 16.5. The van der Waals surface area contributed by atoms with Crippen molar-refractivity contribution in [3.8, 4) is 5.75 Å². The number of anilines is 1. The minimum atomic E-state index is -0.0377. The average Bonchev–Trinajstić information content (AvgIpc) is 3.48. The molecule has 2 aliphatic rings. The van der Waals surface area contributed by atoms with Gasteiger partial charge in [0.05, 0.1) is 7.11 Å². The molecule has 3 heteroatoms. The molecule has 0 saturated carbocycles. The van der Waals surface area contributed by atoms with Gasteiger partial charge in [-0.25, -0.2) is 0 Å². The predicted molar refractivity (Wildman–Crippen MR) is 113 cm³/mol. The van der Waals surface area contributed by atoms with E-state index in [0.29, 0.717) is 18.1 Å². The lowest BCUT2D eigenvalue weighted by atomic mass is 9.69. The van der Waals surface area contributed by atoms with Gasteiger partial charge in [-0.3, -0.25) is 4.90 Å². The number of nitrogens with one attached hydrogen (secondary N) is 1. The fourth-order valence-electron chi connectivity index (χ4n) is 4.57. The number of rotatable bonds is 5. The maximum atomic E-state index is 5.47. The fourth-order valence-corrected chi connectivity index (χ4v) is 4.57. The Balaban J connectivity index is 1.58. The second-order valence-electron chi connectivity index (χ2n) is 8.33. The van der Waals surface area contributed by atoms with Crippen LogP contribution in [-0.4, -0.2) is 30.6 Å². The van der Waals surface area contributed by atoms with Gasteiger partial charge < -0.3 is 10.1 Å². The molecule has 2 aromatic rings. The van der Waals surface area contributed by atoms with E-state index in [-0.39, 0.29) is 5.41 Å². The van der Waals surface area contributed by atoms with Gasteiger partial charge in [-0.1, -0.05) is 49.4 Å². The minimum absolute atomic E-state index is 0.0377. The molecule has 0 radical (unpaired) electrons. The number of hydrogen-bond donors (Lipinski definition) is 1. The first-order valence-corrected chi connectivity index (χ1v) is 9.86. The largest absolute Gasteiger partial charge is 0.497 e. The molecule has 2 heterocycles. The Bertz CT molecular complexity index is 847. The smallest absolute Gasteiger partial charge is 0.119 e. The summed E-state index contributed by atoms with van der Waals surface area (Å²) in [6.07, 6.45) is 1.06. The monoisotopic (exact) mass is 362 g/mol. The molecule has 0 amide bonds.